The smallest absolute Gasteiger partial charge is 0.264 e. The summed E-state index contributed by atoms with van der Waals surface area (Å²) in [6.45, 7) is 0. The summed E-state index contributed by atoms with van der Waals surface area (Å²) in [5.74, 6) is -0.643. The van der Waals surface area contributed by atoms with Crippen LogP contribution in [-0.4, -0.2) is 11.0 Å². The molecule has 0 atom stereocenters. The minimum absolute atomic E-state index is 0.0524. The molecule has 0 unspecified atom stereocenters. The summed E-state index contributed by atoms with van der Waals surface area (Å²) in [4.78, 5) is 14.2. The van der Waals surface area contributed by atoms with Gasteiger partial charge < -0.3 is 5.73 Å². The summed E-state index contributed by atoms with van der Waals surface area (Å²) in [6, 6.07) is 22.1. The molecule has 0 saturated carbocycles. The average Bonchev–Trinajstić information content (AvgIpc) is 2.63. The van der Waals surface area contributed by atoms with Crippen molar-refractivity contribution in [3.8, 4) is 11.1 Å². The lowest BCUT2D eigenvalue weighted by Crippen LogP contribution is -2.41. The molecule has 124 valence electrons. The number of rotatable bonds is 3. The zero-order valence-corrected chi connectivity index (χ0v) is 14.0. The Morgan fingerprint density at radius 3 is 2.12 bits per heavy atom. The lowest BCUT2D eigenvalue weighted by Gasteiger charge is -2.24. The highest BCUT2D eigenvalue weighted by atomic mass is 32.1. The third-order valence-electron chi connectivity index (χ3n) is 3.74. The Morgan fingerprint density at radius 1 is 0.880 bits per heavy atom. The molecule has 3 rings (SSSR count). The first kappa shape index (κ1) is 16.8. The second-order valence-corrected chi connectivity index (χ2v) is 5.79. The Morgan fingerprint density at radius 2 is 1.48 bits per heavy atom. The Hall–Kier alpha value is -3.05. The van der Waals surface area contributed by atoms with Crippen LogP contribution in [0.3, 0.4) is 0 Å². The number of hydrogen-bond donors (Lipinski definition) is 1. The molecule has 3 aromatic carbocycles. The third-order valence-corrected chi connectivity index (χ3v) is 3.93. The second kappa shape index (κ2) is 7.23. The van der Waals surface area contributed by atoms with Gasteiger partial charge in [0.25, 0.3) is 5.91 Å². The maximum atomic E-state index is 13.2. The normalized spacial score (nSPS) is 10.3. The maximum absolute atomic E-state index is 13.2. The Bertz CT molecular complexity index is 910. The van der Waals surface area contributed by atoms with E-state index in [9.17, 15) is 9.18 Å². The Kier molecular flexibility index (Phi) is 4.86. The number of thiocarbonyl (C=S) groups is 1. The van der Waals surface area contributed by atoms with Gasteiger partial charge in [0.05, 0.1) is 5.69 Å². The molecule has 3 aromatic rings. The van der Waals surface area contributed by atoms with Gasteiger partial charge >= 0.3 is 0 Å². The minimum atomic E-state index is -0.326. The van der Waals surface area contributed by atoms with E-state index >= 15 is 0 Å². The standard InChI is InChI=1S/C20H15FN2OS/c21-16-12-10-14(11-13-16)17-8-4-5-9-18(17)23(20(22)25)19(24)15-6-2-1-3-7-15/h1-13H,(H2,22,25). The van der Waals surface area contributed by atoms with E-state index in [1.807, 2.05) is 18.2 Å². The molecule has 0 aliphatic rings. The number of carbonyl (C=O) groups excluding carboxylic acids is 1. The molecule has 0 fully saturated rings. The summed E-state index contributed by atoms with van der Waals surface area (Å²) >= 11 is 5.13. The summed E-state index contributed by atoms with van der Waals surface area (Å²) < 4.78 is 13.2. The molecule has 3 nitrogen and oxygen atoms in total. The van der Waals surface area contributed by atoms with Crippen LogP contribution >= 0.6 is 12.2 Å². The van der Waals surface area contributed by atoms with Gasteiger partial charge in [0.15, 0.2) is 5.11 Å². The van der Waals surface area contributed by atoms with Crippen molar-refractivity contribution in [3.05, 3.63) is 90.2 Å². The Labute approximate surface area is 150 Å². The van der Waals surface area contributed by atoms with Crippen LogP contribution in [0.15, 0.2) is 78.9 Å². The minimum Gasteiger partial charge on any atom is -0.376 e. The molecule has 0 heterocycles. The van der Waals surface area contributed by atoms with Crippen LogP contribution in [0.25, 0.3) is 11.1 Å². The van der Waals surface area contributed by atoms with Crippen molar-refractivity contribution < 1.29 is 9.18 Å². The van der Waals surface area contributed by atoms with Crippen molar-refractivity contribution in [2.45, 2.75) is 0 Å². The monoisotopic (exact) mass is 350 g/mol. The summed E-state index contributed by atoms with van der Waals surface area (Å²) in [7, 11) is 0. The van der Waals surface area contributed by atoms with Gasteiger partial charge in [-0.2, -0.15) is 0 Å². The fraction of sp³-hybridized carbons (Fsp3) is 0. The number of anilines is 1. The van der Waals surface area contributed by atoms with Crippen molar-refractivity contribution in [2.75, 3.05) is 4.90 Å². The fourth-order valence-electron chi connectivity index (χ4n) is 2.58. The summed E-state index contributed by atoms with van der Waals surface area (Å²) in [5.41, 5.74) is 8.38. The quantitative estimate of drug-likeness (QED) is 0.713. The van der Waals surface area contributed by atoms with Gasteiger partial charge in [-0.1, -0.05) is 48.5 Å². The van der Waals surface area contributed by atoms with Crippen LogP contribution in [0.2, 0.25) is 0 Å². The Balaban J connectivity index is 2.11. The lowest BCUT2D eigenvalue weighted by molar-refractivity contribution is 0.100. The van der Waals surface area contributed by atoms with Crippen molar-refractivity contribution in [2.24, 2.45) is 5.73 Å². The molecule has 0 saturated heterocycles. The number of para-hydroxylation sites is 1. The maximum Gasteiger partial charge on any atom is 0.264 e. The number of nitrogens with zero attached hydrogens (tertiary/aromatic N) is 1. The van der Waals surface area contributed by atoms with E-state index < -0.39 is 0 Å². The number of nitrogens with two attached hydrogens (primary N) is 1. The van der Waals surface area contributed by atoms with Crippen LogP contribution in [0, 0.1) is 5.82 Å². The van der Waals surface area contributed by atoms with E-state index in [1.165, 1.54) is 17.0 Å². The van der Waals surface area contributed by atoms with E-state index in [-0.39, 0.29) is 16.8 Å². The van der Waals surface area contributed by atoms with Gasteiger partial charge in [0, 0.05) is 11.1 Å². The first-order valence-corrected chi connectivity index (χ1v) is 8.02. The molecular weight excluding hydrogens is 335 g/mol. The SMILES string of the molecule is NC(=S)N(C(=O)c1ccccc1)c1ccccc1-c1ccc(F)cc1. The van der Waals surface area contributed by atoms with E-state index in [4.69, 9.17) is 18.0 Å². The average molecular weight is 350 g/mol. The van der Waals surface area contributed by atoms with Crippen LogP contribution in [-0.2, 0) is 0 Å². The second-order valence-electron chi connectivity index (χ2n) is 5.37. The molecule has 1 amide bonds. The van der Waals surface area contributed by atoms with Crippen molar-refractivity contribution in [1.29, 1.82) is 0 Å². The number of carbonyl (C=O) groups is 1. The highest BCUT2D eigenvalue weighted by molar-refractivity contribution is 7.80. The number of amides is 1. The summed E-state index contributed by atoms with van der Waals surface area (Å²) in [6.07, 6.45) is 0. The van der Waals surface area contributed by atoms with Crippen LogP contribution < -0.4 is 10.6 Å². The molecule has 0 aromatic heterocycles. The summed E-state index contributed by atoms with van der Waals surface area (Å²) in [5, 5.41) is -0.0524. The highest BCUT2D eigenvalue weighted by Crippen LogP contribution is 2.31. The van der Waals surface area contributed by atoms with E-state index in [1.54, 1.807) is 48.5 Å². The zero-order chi connectivity index (χ0) is 17.8. The number of hydrogen-bond acceptors (Lipinski definition) is 2. The molecule has 2 N–H and O–H groups in total. The third kappa shape index (κ3) is 3.56. The molecule has 0 aliphatic carbocycles. The van der Waals surface area contributed by atoms with Crippen LogP contribution in [0.4, 0.5) is 10.1 Å². The molecule has 5 heteroatoms. The van der Waals surface area contributed by atoms with Crippen molar-refractivity contribution in [1.82, 2.24) is 0 Å². The molecular formula is C20H15FN2OS. The highest BCUT2D eigenvalue weighted by Gasteiger charge is 2.23. The number of halogens is 1. The molecule has 25 heavy (non-hydrogen) atoms. The molecule has 0 spiro atoms. The fourth-order valence-corrected chi connectivity index (χ4v) is 2.76. The van der Waals surface area contributed by atoms with Crippen LogP contribution in [0.1, 0.15) is 10.4 Å². The van der Waals surface area contributed by atoms with E-state index in [2.05, 4.69) is 0 Å². The van der Waals surface area contributed by atoms with E-state index in [0.29, 0.717) is 11.3 Å². The molecule has 0 bridgehead atoms. The first-order chi connectivity index (χ1) is 12.1. The largest absolute Gasteiger partial charge is 0.376 e. The number of benzene rings is 3. The molecule has 0 radical (unpaired) electrons. The first-order valence-electron chi connectivity index (χ1n) is 7.62. The van der Waals surface area contributed by atoms with Gasteiger partial charge in [-0.15, -0.1) is 0 Å². The predicted molar refractivity (Wildman–Crippen MR) is 102 cm³/mol. The van der Waals surface area contributed by atoms with Gasteiger partial charge in [0.1, 0.15) is 5.82 Å². The lowest BCUT2D eigenvalue weighted by atomic mass is 10.0. The molecule has 0 aliphatic heterocycles. The van der Waals surface area contributed by atoms with Gasteiger partial charge in [0.2, 0.25) is 0 Å². The van der Waals surface area contributed by atoms with Crippen molar-refractivity contribution in [3.63, 3.8) is 0 Å². The van der Waals surface area contributed by atoms with E-state index in [0.717, 1.165) is 11.1 Å². The van der Waals surface area contributed by atoms with Gasteiger partial charge in [-0.05, 0) is 48.1 Å². The van der Waals surface area contributed by atoms with Crippen molar-refractivity contribution >= 4 is 28.9 Å². The van der Waals surface area contributed by atoms with Crippen LogP contribution in [0.5, 0.6) is 0 Å². The van der Waals surface area contributed by atoms with Gasteiger partial charge in [-0.3, -0.25) is 9.69 Å². The topological polar surface area (TPSA) is 46.3 Å². The zero-order valence-electron chi connectivity index (χ0n) is 13.2. The van der Waals surface area contributed by atoms with Gasteiger partial charge in [-0.25, -0.2) is 4.39 Å². The predicted octanol–water partition coefficient (Wildman–Crippen LogP) is 4.38.